The minimum absolute atomic E-state index is 0.000649. The Balaban J connectivity index is 1.08. The van der Waals surface area contributed by atoms with Crippen LogP contribution in [-0.2, 0) is 12.4 Å². The van der Waals surface area contributed by atoms with Crippen LogP contribution in [0.15, 0.2) is 188 Å². The number of benzene rings is 9. The Bertz CT molecular complexity index is 4300. The van der Waals surface area contributed by atoms with E-state index in [-0.39, 0.29) is 28.6 Å². The molecule has 346 valence electrons. The molecule has 5 heterocycles. The SMILES string of the molecule is FC(F)(F)c1ccc(-n2c3ccccc3c3cc4sc5ccccc5c4cc32)c(-c2nc(-c3ccccc3)nc(-c3cc(C(F)(F)F)ccc3-n3c4ccccc4c4cc5sc6ccccc6c5cc43)n2)c1. The van der Waals surface area contributed by atoms with E-state index in [0.717, 1.165) is 108 Å². The van der Waals surface area contributed by atoms with E-state index in [0.29, 0.717) is 16.9 Å². The molecule has 0 spiro atoms. The third-order valence-electron chi connectivity index (χ3n) is 13.6. The van der Waals surface area contributed by atoms with Gasteiger partial charge < -0.3 is 9.13 Å². The molecule has 0 bridgehead atoms. The number of hydrogen-bond donors (Lipinski definition) is 0. The summed E-state index contributed by atoms with van der Waals surface area (Å²) in [6, 6.07) is 55.8. The van der Waals surface area contributed by atoms with Crippen molar-refractivity contribution >= 4 is 107 Å². The first-order valence-corrected chi connectivity index (χ1v) is 24.5. The molecule has 72 heavy (non-hydrogen) atoms. The molecule has 14 rings (SSSR count). The number of thiophene rings is 2. The van der Waals surface area contributed by atoms with Crippen molar-refractivity contribution in [2.24, 2.45) is 0 Å². The maximum Gasteiger partial charge on any atom is 0.416 e. The minimum Gasteiger partial charge on any atom is -0.308 e. The lowest BCUT2D eigenvalue weighted by Crippen LogP contribution is -2.10. The number of para-hydroxylation sites is 2. The number of rotatable bonds is 5. The lowest BCUT2D eigenvalue weighted by molar-refractivity contribution is -0.138. The zero-order chi connectivity index (χ0) is 48.6. The van der Waals surface area contributed by atoms with Crippen LogP contribution >= 0.6 is 22.7 Å². The zero-order valence-corrected chi connectivity index (χ0v) is 38.9. The molecule has 0 amide bonds. The third-order valence-corrected chi connectivity index (χ3v) is 15.9. The highest BCUT2D eigenvalue weighted by atomic mass is 32.1. The van der Waals surface area contributed by atoms with Crippen molar-refractivity contribution in [1.82, 2.24) is 24.1 Å². The van der Waals surface area contributed by atoms with Gasteiger partial charge in [0.2, 0.25) is 0 Å². The van der Waals surface area contributed by atoms with Crippen LogP contribution in [0.3, 0.4) is 0 Å². The predicted octanol–water partition coefficient (Wildman–Crippen LogP) is 17.8. The van der Waals surface area contributed by atoms with Gasteiger partial charge in [0.25, 0.3) is 0 Å². The van der Waals surface area contributed by atoms with Crippen molar-refractivity contribution in [2.75, 3.05) is 0 Å². The molecule has 14 aromatic rings. The van der Waals surface area contributed by atoms with Crippen molar-refractivity contribution < 1.29 is 26.3 Å². The molecule has 5 aromatic heterocycles. The summed E-state index contributed by atoms with van der Waals surface area (Å²) in [6.07, 6.45) is -9.56. The first-order valence-electron chi connectivity index (χ1n) is 22.9. The fraction of sp³-hybridized carbons (Fsp3) is 0.0339. The van der Waals surface area contributed by atoms with Crippen LogP contribution in [0.2, 0.25) is 0 Å². The Kier molecular flexibility index (Phi) is 9.18. The van der Waals surface area contributed by atoms with Crippen molar-refractivity contribution in [1.29, 1.82) is 0 Å². The second kappa shape index (κ2) is 15.6. The highest BCUT2D eigenvalue weighted by Crippen LogP contribution is 2.46. The summed E-state index contributed by atoms with van der Waals surface area (Å²) in [5.74, 6) is -0.264. The maximum absolute atomic E-state index is 15.1. The number of fused-ring (bicyclic) bond motifs is 12. The van der Waals surface area contributed by atoms with Crippen LogP contribution in [0, 0.1) is 0 Å². The molecule has 9 aromatic carbocycles. The van der Waals surface area contributed by atoms with E-state index in [1.165, 1.54) is 12.1 Å². The van der Waals surface area contributed by atoms with Crippen LogP contribution < -0.4 is 0 Å². The summed E-state index contributed by atoms with van der Waals surface area (Å²) >= 11 is 3.33. The normalized spacial score (nSPS) is 12.6. The number of nitrogens with zero attached hydrogens (tertiary/aromatic N) is 5. The van der Waals surface area contributed by atoms with E-state index in [9.17, 15) is 0 Å². The number of aromatic nitrogens is 5. The van der Waals surface area contributed by atoms with Gasteiger partial charge >= 0.3 is 12.4 Å². The Morgan fingerprint density at radius 3 is 1.18 bits per heavy atom. The summed E-state index contributed by atoms with van der Waals surface area (Å²) in [5, 5.41) is 7.62. The standard InChI is InChI=1S/C59H31F6N5S2/c60-58(61,62)33-22-24-47(69-45-18-8-4-14-35(45)39-30-53-41(28-49(39)69)37-16-6-10-20-51(37)71-53)43(26-33)56-66-55(32-12-2-1-3-13-32)67-57(68-56)44-27-34(59(63,64)65)23-25-48(44)70-46-19-9-5-15-36(46)40-31-54-42(29-50(40)70)38-17-7-11-21-52(38)72-54/h1-31H. The van der Waals surface area contributed by atoms with Gasteiger partial charge in [-0.1, -0.05) is 103 Å². The number of alkyl halides is 6. The quantitative estimate of drug-likeness (QED) is 0.161. The van der Waals surface area contributed by atoms with Crippen molar-refractivity contribution in [3.63, 3.8) is 0 Å². The highest BCUT2D eigenvalue weighted by molar-refractivity contribution is 7.26. The van der Waals surface area contributed by atoms with Crippen LogP contribution in [0.5, 0.6) is 0 Å². The lowest BCUT2D eigenvalue weighted by atomic mass is 10.0. The zero-order valence-electron chi connectivity index (χ0n) is 37.2. The average molecular weight is 988 g/mol. The van der Waals surface area contributed by atoms with Crippen molar-refractivity contribution in [3.05, 3.63) is 199 Å². The fourth-order valence-electron chi connectivity index (χ4n) is 10.4. The molecule has 0 atom stereocenters. The molecule has 0 saturated heterocycles. The van der Waals surface area contributed by atoms with Crippen LogP contribution in [0.1, 0.15) is 11.1 Å². The maximum atomic E-state index is 15.1. The van der Waals surface area contributed by atoms with E-state index in [2.05, 4.69) is 48.5 Å². The molecular formula is C59H31F6N5S2. The molecule has 0 aliphatic heterocycles. The van der Waals surface area contributed by atoms with Crippen LogP contribution in [0.25, 0.3) is 129 Å². The summed E-state index contributed by atoms with van der Waals surface area (Å²) in [4.78, 5) is 14.8. The molecular weight excluding hydrogens is 957 g/mol. The van der Waals surface area contributed by atoms with Gasteiger partial charge in [-0.2, -0.15) is 26.3 Å². The summed E-state index contributed by atoms with van der Waals surface area (Å²) in [7, 11) is 0. The van der Waals surface area contributed by atoms with Crippen molar-refractivity contribution in [3.8, 4) is 45.5 Å². The monoisotopic (exact) mass is 987 g/mol. The van der Waals surface area contributed by atoms with Crippen molar-refractivity contribution in [2.45, 2.75) is 12.4 Å². The van der Waals surface area contributed by atoms with Gasteiger partial charge in [-0.15, -0.1) is 22.7 Å². The molecule has 5 nitrogen and oxygen atoms in total. The van der Waals surface area contributed by atoms with Gasteiger partial charge in [0, 0.05) is 78.6 Å². The van der Waals surface area contributed by atoms with Gasteiger partial charge in [-0.05, 0) is 84.9 Å². The third kappa shape index (κ3) is 6.57. The van der Waals surface area contributed by atoms with E-state index < -0.39 is 23.5 Å². The average Bonchev–Trinajstić information content (AvgIpc) is 4.14. The second-order valence-corrected chi connectivity index (χ2v) is 19.9. The molecule has 0 saturated carbocycles. The number of hydrogen-bond acceptors (Lipinski definition) is 5. The molecule has 13 heteroatoms. The highest BCUT2D eigenvalue weighted by Gasteiger charge is 2.34. The summed E-state index contributed by atoms with van der Waals surface area (Å²) in [6.45, 7) is 0. The van der Waals surface area contributed by atoms with Crippen LogP contribution in [-0.4, -0.2) is 24.1 Å². The van der Waals surface area contributed by atoms with Gasteiger partial charge in [0.1, 0.15) is 0 Å². The summed E-state index contributed by atoms with van der Waals surface area (Å²) < 4.78 is 98.5. The Hall–Kier alpha value is -8.39. The second-order valence-electron chi connectivity index (χ2n) is 17.8. The Morgan fingerprint density at radius 1 is 0.319 bits per heavy atom. The smallest absolute Gasteiger partial charge is 0.308 e. The number of halogens is 6. The lowest BCUT2D eigenvalue weighted by Gasteiger charge is -2.19. The molecule has 0 N–H and O–H groups in total. The van der Waals surface area contributed by atoms with E-state index >= 15 is 26.3 Å². The molecule has 0 fully saturated rings. The minimum atomic E-state index is -4.78. The molecule has 0 radical (unpaired) electrons. The summed E-state index contributed by atoms with van der Waals surface area (Å²) in [5.41, 5.74) is 2.19. The topological polar surface area (TPSA) is 48.5 Å². The molecule has 0 aliphatic carbocycles. The fourth-order valence-corrected chi connectivity index (χ4v) is 12.7. The van der Waals surface area contributed by atoms with E-state index in [1.807, 2.05) is 81.9 Å². The Labute approximate surface area is 412 Å². The van der Waals surface area contributed by atoms with Gasteiger partial charge in [0.05, 0.1) is 44.6 Å². The van der Waals surface area contributed by atoms with Gasteiger partial charge in [-0.3, -0.25) is 0 Å². The predicted molar refractivity (Wildman–Crippen MR) is 281 cm³/mol. The molecule has 0 unspecified atom stereocenters. The van der Waals surface area contributed by atoms with Crippen LogP contribution in [0.4, 0.5) is 26.3 Å². The first kappa shape index (κ1) is 42.5. The van der Waals surface area contributed by atoms with E-state index in [1.54, 1.807) is 53.0 Å². The first-order chi connectivity index (χ1) is 34.9. The van der Waals surface area contributed by atoms with Gasteiger partial charge in [-0.25, -0.2) is 15.0 Å². The molecule has 0 aliphatic rings. The Morgan fingerprint density at radius 2 is 0.722 bits per heavy atom. The largest absolute Gasteiger partial charge is 0.416 e. The van der Waals surface area contributed by atoms with E-state index in [4.69, 9.17) is 15.0 Å². The van der Waals surface area contributed by atoms with Gasteiger partial charge in [0.15, 0.2) is 17.5 Å².